The number of aliphatic hydroxyl groups is 1. The second-order valence-electron chi connectivity index (χ2n) is 7.84. The number of ether oxygens (including phenoxy) is 5. The fourth-order valence-corrected chi connectivity index (χ4v) is 3.62. The molecule has 1 atom stereocenters. The van der Waals surface area contributed by atoms with Crippen molar-refractivity contribution in [3.63, 3.8) is 0 Å². The molecular weight excluding hydrogens is 486 g/mol. The molecule has 0 aliphatic carbocycles. The van der Waals surface area contributed by atoms with Gasteiger partial charge in [-0.2, -0.15) is 0 Å². The summed E-state index contributed by atoms with van der Waals surface area (Å²) < 4.78 is 27.5. The number of methoxy groups -OCH3 is 3. The van der Waals surface area contributed by atoms with Crippen molar-refractivity contribution in [3.8, 4) is 23.0 Å². The Labute approximate surface area is 215 Å². The van der Waals surface area contributed by atoms with Crippen LogP contribution in [-0.4, -0.2) is 51.6 Å². The number of benzene rings is 3. The summed E-state index contributed by atoms with van der Waals surface area (Å²) in [5, 5.41) is 12.3. The molecular formula is C27H30ClNO7. The molecule has 1 amide bonds. The van der Waals surface area contributed by atoms with Crippen LogP contribution in [0.1, 0.15) is 21.5 Å². The normalized spacial score (nSPS) is 11.5. The van der Waals surface area contributed by atoms with E-state index in [9.17, 15) is 9.90 Å². The molecule has 0 saturated carbocycles. The highest BCUT2D eigenvalue weighted by Crippen LogP contribution is 2.39. The molecule has 8 nitrogen and oxygen atoms in total. The van der Waals surface area contributed by atoms with Gasteiger partial charge in [0.25, 0.3) is 5.91 Å². The van der Waals surface area contributed by atoms with Crippen LogP contribution in [0.15, 0.2) is 60.7 Å². The number of aliphatic hydroxyl groups excluding tert-OH is 1. The third-order valence-corrected chi connectivity index (χ3v) is 5.70. The van der Waals surface area contributed by atoms with Gasteiger partial charge in [0, 0.05) is 7.11 Å². The molecule has 0 aliphatic rings. The Bertz CT molecular complexity index is 1120. The van der Waals surface area contributed by atoms with Crippen molar-refractivity contribution >= 4 is 17.5 Å². The number of carbonyl (C=O) groups excluding carboxylic acids is 1. The summed E-state index contributed by atoms with van der Waals surface area (Å²) >= 11 is 6.65. The third-order valence-electron chi connectivity index (χ3n) is 5.32. The predicted molar refractivity (Wildman–Crippen MR) is 136 cm³/mol. The van der Waals surface area contributed by atoms with Crippen molar-refractivity contribution < 1.29 is 33.6 Å². The average Bonchev–Trinajstić information content (AvgIpc) is 2.91. The van der Waals surface area contributed by atoms with E-state index in [2.05, 4.69) is 5.32 Å². The minimum Gasteiger partial charge on any atom is -0.497 e. The molecule has 0 aromatic heterocycles. The van der Waals surface area contributed by atoms with Gasteiger partial charge in [0.15, 0.2) is 11.5 Å². The molecule has 3 rings (SSSR count). The fraction of sp³-hybridized carbons (Fsp3) is 0.296. The Morgan fingerprint density at radius 2 is 1.42 bits per heavy atom. The van der Waals surface area contributed by atoms with Gasteiger partial charge < -0.3 is 34.1 Å². The highest BCUT2D eigenvalue weighted by molar-refractivity contribution is 6.35. The summed E-state index contributed by atoms with van der Waals surface area (Å²) in [4.78, 5) is 12.9. The molecule has 0 heterocycles. The molecule has 0 radical (unpaired) electrons. The number of halogens is 1. The van der Waals surface area contributed by atoms with E-state index in [1.54, 1.807) is 26.4 Å². The number of amides is 1. The molecule has 192 valence electrons. The summed E-state index contributed by atoms with van der Waals surface area (Å²) in [5.41, 5.74) is 1.98. The van der Waals surface area contributed by atoms with Crippen LogP contribution in [-0.2, 0) is 18.0 Å². The van der Waals surface area contributed by atoms with Crippen LogP contribution >= 0.6 is 11.6 Å². The number of hydrogen-bond donors (Lipinski definition) is 2. The van der Waals surface area contributed by atoms with E-state index in [1.165, 1.54) is 7.11 Å². The first-order valence-electron chi connectivity index (χ1n) is 11.2. The van der Waals surface area contributed by atoms with Crippen molar-refractivity contribution in [1.29, 1.82) is 0 Å². The predicted octanol–water partition coefficient (Wildman–Crippen LogP) is 4.25. The second-order valence-corrected chi connectivity index (χ2v) is 8.21. The standard InChI is InChI=1S/C27H30ClNO7/c1-32-17-20(14-30)29-27(31)23-12-13-24(35-15-18-4-8-21(33-2)9-5-18)26(25(23)28)36-16-19-6-10-22(34-3)11-7-19/h4-13,20,30H,14-17H2,1-3H3,(H,29,31). The van der Waals surface area contributed by atoms with Gasteiger partial charge in [0.2, 0.25) is 0 Å². The van der Waals surface area contributed by atoms with Crippen LogP contribution in [0.2, 0.25) is 5.02 Å². The van der Waals surface area contributed by atoms with Crippen LogP contribution in [0.25, 0.3) is 0 Å². The molecule has 3 aromatic rings. The van der Waals surface area contributed by atoms with Crippen LogP contribution in [0.4, 0.5) is 0 Å². The van der Waals surface area contributed by atoms with Gasteiger partial charge in [-0.1, -0.05) is 35.9 Å². The van der Waals surface area contributed by atoms with Gasteiger partial charge in [0.1, 0.15) is 24.7 Å². The maximum absolute atomic E-state index is 12.9. The van der Waals surface area contributed by atoms with Gasteiger partial charge in [-0.15, -0.1) is 0 Å². The molecule has 36 heavy (non-hydrogen) atoms. The Kier molecular flexibility index (Phi) is 10.2. The second kappa shape index (κ2) is 13.6. The first-order chi connectivity index (χ1) is 17.5. The van der Waals surface area contributed by atoms with Gasteiger partial charge in [-0.25, -0.2) is 0 Å². The lowest BCUT2D eigenvalue weighted by Crippen LogP contribution is -2.40. The average molecular weight is 516 g/mol. The fourth-order valence-electron chi connectivity index (χ4n) is 3.33. The van der Waals surface area contributed by atoms with Crippen molar-refractivity contribution in [2.45, 2.75) is 19.3 Å². The van der Waals surface area contributed by atoms with Gasteiger partial charge in [0.05, 0.1) is 44.1 Å². The van der Waals surface area contributed by atoms with Crippen LogP contribution in [0, 0.1) is 0 Å². The molecule has 0 aliphatic heterocycles. The SMILES string of the molecule is COCC(CO)NC(=O)c1ccc(OCc2ccc(OC)cc2)c(OCc2ccc(OC)cc2)c1Cl. The monoisotopic (exact) mass is 515 g/mol. The van der Waals surface area contributed by atoms with E-state index in [-0.39, 0.29) is 42.8 Å². The van der Waals surface area contributed by atoms with E-state index in [1.807, 2.05) is 48.5 Å². The van der Waals surface area contributed by atoms with E-state index in [4.69, 9.17) is 35.3 Å². The zero-order valence-corrected chi connectivity index (χ0v) is 21.2. The summed E-state index contributed by atoms with van der Waals surface area (Å²) in [6.07, 6.45) is 0. The minimum atomic E-state index is -0.576. The third kappa shape index (κ3) is 7.27. The van der Waals surface area contributed by atoms with Crippen LogP contribution in [0.5, 0.6) is 23.0 Å². The molecule has 0 saturated heterocycles. The summed E-state index contributed by atoms with van der Waals surface area (Å²) in [6, 6.07) is 17.5. The highest BCUT2D eigenvalue weighted by atomic mass is 35.5. The number of nitrogens with one attached hydrogen (secondary N) is 1. The van der Waals surface area contributed by atoms with E-state index in [0.29, 0.717) is 5.75 Å². The summed E-state index contributed by atoms with van der Waals surface area (Å²) in [5.74, 6) is 1.63. The van der Waals surface area contributed by atoms with Crippen molar-refractivity contribution in [1.82, 2.24) is 5.32 Å². The van der Waals surface area contributed by atoms with E-state index >= 15 is 0 Å². The number of hydrogen-bond acceptors (Lipinski definition) is 7. The molecule has 1 unspecified atom stereocenters. The lowest BCUT2D eigenvalue weighted by atomic mass is 10.1. The molecule has 0 bridgehead atoms. The topological polar surface area (TPSA) is 95.5 Å². The zero-order chi connectivity index (χ0) is 25.9. The first-order valence-corrected chi connectivity index (χ1v) is 11.6. The maximum Gasteiger partial charge on any atom is 0.253 e. The maximum atomic E-state index is 12.9. The van der Waals surface area contributed by atoms with E-state index < -0.39 is 11.9 Å². The first kappa shape index (κ1) is 27.1. The van der Waals surface area contributed by atoms with Crippen molar-refractivity contribution in [2.24, 2.45) is 0 Å². The zero-order valence-electron chi connectivity index (χ0n) is 20.5. The molecule has 9 heteroatoms. The summed E-state index contributed by atoms with van der Waals surface area (Å²) in [6.45, 7) is 0.326. The summed E-state index contributed by atoms with van der Waals surface area (Å²) in [7, 11) is 4.69. The number of rotatable bonds is 13. The van der Waals surface area contributed by atoms with Crippen molar-refractivity contribution in [2.75, 3.05) is 34.5 Å². The Hall–Kier alpha value is -3.46. The Morgan fingerprint density at radius 1 is 0.861 bits per heavy atom. The van der Waals surface area contributed by atoms with E-state index in [0.717, 1.165) is 22.6 Å². The molecule has 0 fully saturated rings. The Balaban J connectivity index is 1.84. The smallest absolute Gasteiger partial charge is 0.253 e. The molecule has 0 spiro atoms. The number of carbonyl (C=O) groups is 1. The quantitative estimate of drug-likeness (QED) is 0.351. The minimum absolute atomic E-state index is 0.0994. The Morgan fingerprint density at radius 3 is 1.92 bits per heavy atom. The largest absolute Gasteiger partial charge is 0.497 e. The lowest BCUT2D eigenvalue weighted by molar-refractivity contribution is 0.0839. The van der Waals surface area contributed by atoms with Crippen LogP contribution in [0.3, 0.4) is 0 Å². The van der Waals surface area contributed by atoms with Gasteiger partial charge in [-0.05, 0) is 47.5 Å². The van der Waals surface area contributed by atoms with Crippen LogP contribution < -0.4 is 24.3 Å². The van der Waals surface area contributed by atoms with Crippen molar-refractivity contribution in [3.05, 3.63) is 82.4 Å². The molecule has 3 aromatic carbocycles. The molecule has 2 N–H and O–H groups in total. The van der Waals surface area contributed by atoms with Gasteiger partial charge in [-0.3, -0.25) is 4.79 Å². The van der Waals surface area contributed by atoms with Gasteiger partial charge >= 0.3 is 0 Å². The lowest BCUT2D eigenvalue weighted by Gasteiger charge is -2.19. The highest BCUT2D eigenvalue weighted by Gasteiger charge is 2.21.